The van der Waals surface area contributed by atoms with Gasteiger partial charge in [0, 0.05) is 0 Å². The van der Waals surface area contributed by atoms with Crippen LogP contribution in [0.2, 0.25) is 5.15 Å². The zero-order valence-corrected chi connectivity index (χ0v) is 8.05. The summed E-state index contributed by atoms with van der Waals surface area (Å²) in [5.41, 5.74) is 1.06. The second kappa shape index (κ2) is 5.50. The van der Waals surface area contributed by atoms with Gasteiger partial charge in [-0.05, 0) is 18.6 Å². The normalized spacial score (nSPS) is 7.92. The van der Waals surface area contributed by atoms with Crippen molar-refractivity contribution < 1.29 is 0 Å². The molecule has 0 saturated carbocycles. The molecule has 0 unspecified atom stereocenters. The Morgan fingerprint density at radius 3 is 2.42 bits per heavy atom. The van der Waals surface area contributed by atoms with E-state index in [1.165, 1.54) is 0 Å². The average Bonchev–Trinajstić information content (AvgIpc) is 2.13. The molecule has 0 aliphatic carbocycles. The smallest absolute Gasteiger partial charge is 0.163 e. The Balaban J connectivity index is 0.000000561. The van der Waals surface area contributed by atoms with Gasteiger partial charge in [-0.3, -0.25) is 0 Å². The first-order chi connectivity index (χ1) is 5.74. The van der Waals surface area contributed by atoms with Gasteiger partial charge in [-0.25, -0.2) is 0 Å². The van der Waals surface area contributed by atoms with Gasteiger partial charge in [0.2, 0.25) is 0 Å². The van der Waals surface area contributed by atoms with Crippen molar-refractivity contribution in [3.63, 3.8) is 0 Å². The Morgan fingerprint density at radius 1 is 1.42 bits per heavy atom. The maximum absolute atomic E-state index is 8.36. The lowest BCUT2D eigenvalue weighted by Gasteiger charge is -1.92. The van der Waals surface area contributed by atoms with Gasteiger partial charge >= 0.3 is 0 Å². The topological polar surface area (TPSA) is 49.6 Å². The minimum absolute atomic E-state index is 0.293. The van der Waals surface area contributed by atoms with Crippen LogP contribution in [0.5, 0.6) is 0 Å². The quantitative estimate of drug-likeness (QED) is 0.620. The van der Waals surface area contributed by atoms with Crippen LogP contribution in [0.4, 0.5) is 0 Å². The third kappa shape index (κ3) is 2.85. The highest BCUT2D eigenvalue weighted by Crippen LogP contribution is 2.09. The molecule has 3 nitrogen and oxygen atoms in total. The second-order valence-electron chi connectivity index (χ2n) is 1.82. The fourth-order valence-corrected chi connectivity index (χ4v) is 0.617. The van der Waals surface area contributed by atoms with Crippen molar-refractivity contribution in [2.75, 3.05) is 0 Å². The fraction of sp³-hybridized carbons (Fsp3) is 0.375. The van der Waals surface area contributed by atoms with Crippen LogP contribution in [-0.4, -0.2) is 10.2 Å². The largest absolute Gasteiger partial charge is 0.191 e. The first-order valence-corrected chi connectivity index (χ1v) is 4.02. The molecule has 0 bridgehead atoms. The molecule has 0 aromatic carbocycles. The third-order valence-electron chi connectivity index (χ3n) is 1.04. The van der Waals surface area contributed by atoms with Crippen LogP contribution in [0.25, 0.3) is 0 Å². The highest BCUT2D eigenvalue weighted by atomic mass is 35.5. The van der Waals surface area contributed by atoms with E-state index in [9.17, 15) is 0 Å². The van der Waals surface area contributed by atoms with Crippen LogP contribution in [0.1, 0.15) is 25.1 Å². The van der Waals surface area contributed by atoms with Crippen molar-refractivity contribution in [3.05, 3.63) is 22.5 Å². The van der Waals surface area contributed by atoms with E-state index in [0.29, 0.717) is 10.8 Å². The molecule has 4 heteroatoms. The number of aromatic nitrogens is 2. The van der Waals surface area contributed by atoms with E-state index >= 15 is 0 Å². The summed E-state index contributed by atoms with van der Waals surface area (Å²) < 4.78 is 0. The standard InChI is InChI=1S/C6H4ClN3.C2H6/c1-4-2-5(3-8)9-10-6(4)7;1-2/h2H,1H3;1-2H3. The maximum Gasteiger partial charge on any atom is 0.163 e. The third-order valence-corrected chi connectivity index (χ3v) is 1.41. The zero-order chi connectivity index (χ0) is 9.56. The van der Waals surface area contributed by atoms with Crippen molar-refractivity contribution in [1.82, 2.24) is 10.2 Å². The summed E-state index contributed by atoms with van der Waals surface area (Å²) in [6.07, 6.45) is 0. The van der Waals surface area contributed by atoms with E-state index in [0.717, 1.165) is 5.56 Å². The molecule has 0 amide bonds. The predicted molar refractivity (Wildman–Crippen MR) is 47.8 cm³/mol. The molecular formula is C8H10ClN3. The summed E-state index contributed by atoms with van der Waals surface area (Å²) in [6, 6.07) is 3.46. The number of hydrogen-bond donors (Lipinski definition) is 0. The molecular weight excluding hydrogens is 174 g/mol. The van der Waals surface area contributed by atoms with Gasteiger partial charge < -0.3 is 0 Å². The maximum atomic E-state index is 8.36. The van der Waals surface area contributed by atoms with Gasteiger partial charge in [-0.15, -0.1) is 10.2 Å². The molecule has 1 rings (SSSR count). The molecule has 0 radical (unpaired) electrons. The molecule has 1 aromatic rings. The first-order valence-electron chi connectivity index (χ1n) is 3.64. The van der Waals surface area contributed by atoms with Gasteiger partial charge in [0.15, 0.2) is 10.8 Å². The zero-order valence-electron chi connectivity index (χ0n) is 7.30. The predicted octanol–water partition coefficient (Wildman–Crippen LogP) is 2.34. The van der Waals surface area contributed by atoms with Gasteiger partial charge in [0.05, 0.1) is 0 Å². The molecule has 0 aliphatic rings. The van der Waals surface area contributed by atoms with Gasteiger partial charge in [0.1, 0.15) is 6.07 Å². The number of rotatable bonds is 0. The van der Waals surface area contributed by atoms with E-state index in [1.54, 1.807) is 13.0 Å². The van der Waals surface area contributed by atoms with Crippen LogP contribution in [0.3, 0.4) is 0 Å². The minimum atomic E-state index is 0.293. The summed E-state index contributed by atoms with van der Waals surface area (Å²) in [7, 11) is 0. The summed E-state index contributed by atoms with van der Waals surface area (Å²) in [5, 5.41) is 15.8. The van der Waals surface area contributed by atoms with Crippen LogP contribution in [-0.2, 0) is 0 Å². The van der Waals surface area contributed by atoms with E-state index in [-0.39, 0.29) is 0 Å². The van der Waals surface area contributed by atoms with E-state index in [1.807, 2.05) is 19.9 Å². The first kappa shape index (κ1) is 10.9. The van der Waals surface area contributed by atoms with Crippen molar-refractivity contribution in [1.29, 1.82) is 5.26 Å². The Kier molecular flexibility index (Phi) is 4.98. The van der Waals surface area contributed by atoms with Crippen LogP contribution >= 0.6 is 11.6 Å². The Labute approximate surface area is 77.0 Å². The van der Waals surface area contributed by atoms with Crippen LogP contribution in [0.15, 0.2) is 6.07 Å². The summed E-state index contributed by atoms with van der Waals surface area (Å²) >= 11 is 5.55. The van der Waals surface area contributed by atoms with E-state index < -0.39 is 0 Å². The number of aryl methyl sites for hydroxylation is 1. The highest BCUT2D eigenvalue weighted by molar-refractivity contribution is 6.30. The molecule has 12 heavy (non-hydrogen) atoms. The second-order valence-corrected chi connectivity index (χ2v) is 2.17. The van der Waals surface area contributed by atoms with Gasteiger partial charge in [-0.2, -0.15) is 5.26 Å². The van der Waals surface area contributed by atoms with Gasteiger partial charge in [-0.1, -0.05) is 25.4 Å². The number of nitrogens with zero attached hydrogens (tertiary/aromatic N) is 3. The Bertz CT molecular complexity index is 291. The van der Waals surface area contributed by atoms with Crippen molar-refractivity contribution >= 4 is 11.6 Å². The Hall–Kier alpha value is -1.14. The number of hydrogen-bond acceptors (Lipinski definition) is 3. The van der Waals surface area contributed by atoms with Crippen molar-refractivity contribution in [2.24, 2.45) is 0 Å². The minimum Gasteiger partial charge on any atom is -0.191 e. The SMILES string of the molecule is CC.Cc1cc(C#N)nnc1Cl. The van der Waals surface area contributed by atoms with Gasteiger partial charge in [0.25, 0.3) is 0 Å². The molecule has 0 fully saturated rings. The lowest BCUT2D eigenvalue weighted by atomic mass is 10.3. The summed E-state index contributed by atoms with van der Waals surface area (Å²) in [6.45, 7) is 5.78. The highest BCUT2D eigenvalue weighted by Gasteiger charge is 1.97. The monoisotopic (exact) mass is 183 g/mol. The molecule has 64 valence electrons. The van der Waals surface area contributed by atoms with E-state index in [4.69, 9.17) is 16.9 Å². The fourth-order valence-electron chi connectivity index (χ4n) is 0.525. The number of halogens is 1. The lowest BCUT2D eigenvalue weighted by Crippen LogP contribution is -1.89. The summed E-state index contributed by atoms with van der Waals surface area (Å²) in [4.78, 5) is 0. The molecule has 0 N–H and O–H groups in total. The summed E-state index contributed by atoms with van der Waals surface area (Å²) in [5.74, 6) is 0. The Morgan fingerprint density at radius 2 is 2.00 bits per heavy atom. The van der Waals surface area contributed by atoms with E-state index in [2.05, 4.69) is 10.2 Å². The molecule has 0 saturated heterocycles. The molecule has 1 heterocycles. The molecule has 0 aliphatic heterocycles. The lowest BCUT2D eigenvalue weighted by molar-refractivity contribution is 0.994. The number of nitriles is 1. The average molecular weight is 184 g/mol. The molecule has 1 aromatic heterocycles. The van der Waals surface area contributed by atoms with Crippen molar-refractivity contribution in [3.8, 4) is 6.07 Å². The van der Waals surface area contributed by atoms with Crippen LogP contribution in [0, 0.1) is 18.3 Å². The van der Waals surface area contributed by atoms with Crippen LogP contribution < -0.4 is 0 Å². The molecule has 0 spiro atoms. The van der Waals surface area contributed by atoms with Crippen molar-refractivity contribution in [2.45, 2.75) is 20.8 Å². The molecule has 0 atom stereocenters.